The number of amides is 1. The molecule has 5 aromatic rings. The number of hydrogen-bond acceptors (Lipinski definition) is 6. The van der Waals surface area contributed by atoms with Crippen LogP contribution in [0.1, 0.15) is 38.0 Å². The highest BCUT2D eigenvalue weighted by Gasteiger charge is 2.24. The van der Waals surface area contributed by atoms with Gasteiger partial charge in [0.15, 0.2) is 11.9 Å². The van der Waals surface area contributed by atoms with Crippen molar-refractivity contribution in [2.75, 3.05) is 25.3 Å². The van der Waals surface area contributed by atoms with Crippen molar-refractivity contribution < 1.29 is 18.8 Å². The van der Waals surface area contributed by atoms with Gasteiger partial charge in [0.2, 0.25) is 5.91 Å². The van der Waals surface area contributed by atoms with Crippen molar-refractivity contribution in [1.82, 2.24) is 19.4 Å². The van der Waals surface area contributed by atoms with Crippen LogP contribution in [-0.4, -0.2) is 45.2 Å². The predicted octanol–water partition coefficient (Wildman–Crippen LogP) is 5.84. The van der Waals surface area contributed by atoms with Gasteiger partial charge in [0.05, 0.1) is 29.0 Å². The Hall–Kier alpha value is -3.94. The summed E-state index contributed by atoms with van der Waals surface area (Å²) >= 11 is 0. The lowest BCUT2D eigenvalue weighted by Crippen LogP contribution is -2.19. The maximum Gasteiger partial charge on any atom is 0.221 e. The number of nitrogens with one attached hydrogen (secondary N) is 1. The van der Waals surface area contributed by atoms with Gasteiger partial charge in [-0.15, -0.1) is 5.10 Å². The van der Waals surface area contributed by atoms with E-state index in [0.29, 0.717) is 30.0 Å². The SMILES string of the molecule is CC(=O)Nc1cc(-c2cc(OCc3ccccc3)cn3nc4c(cnn4C4CCCCO4)c23)ccc1P(C)(C)=O. The van der Waals surface area contributed by atoms with Gasteiger partial charge in [-0.2, -0.15) is 5.10 Å². The lowest BCUT2D eigenvalue weighted by atomic mass is 10.0. The van der Waals surface area contributed by atoms with Crippen LogP contribution in [0.4, 0.5) is 5.69 Å². The van der Waals surface area contributed by atoms with Gasteiger partial charge in [-0.3, -0.25) is 4.79 Å². The third kappa shape index (κ3) is 5.15. The minimum absolute atomic E-state index is 0.151. The lowest BCUT2D eigenvalue weighted by molar-refractivity contribution is -0.114. The summed E-state index contributed by atoms with van der Waals surface area (Å²) in [6.45, 7) is 5.96. The van der Waals surface area contributed by atoms with Crippen LogP contribution in [0.25, 0.3) is 27.7 Å². The predicted molar refractivity (Wildman–Crippen MR) is 157 cm³/mol. The van der Waals surface area contributed by atoms with Gasteiger partial charge in [-0.05, 0) is 61.9 Å². The topological polar surface area (TPSA) is 99.8 Å². The Labute approximate surface area is 232 Å². The number of aromatic nitrogens is 4. The van der Waals surface area contributed by atoms with Gasteiger partial charge >= 0.3 is 0 Å². The molecule has 1 atom stereocenters. The molecule has 1 N–H and O–H groups in total. The molecule has 1 fully saturated rings. The Morgan fingerprint density at radius 1 is 1.15 bits per heavy atom. The van der Waals surface area contributed by atoms with Crippen molar-refractivity contribution in [3.63, 3.8) is 0 Å². The number of pyridine rings is 1. The number of carbonyl (C=O) groups excluding carboxylic acids is 1. The maximum absolute atomic E-state index is 13.0. The highest BCUT2D eigenvalue weighted by Crippen LogP contribution is 2.41. The fourth-order valence-corrected chi connectivity index (χ4v) is 6.39. The molecule has 10 heteroatoms. The third-order valence-electron chi connectivity index (χ3n) is 7.12. The fourth-order valence-electron chi connectivity index (χ4n) is 5.26. The molecular weight excluding hydrogens is 525 g/mol. The molecular formula is C30H32N5O4P. The highest BCUT2D eigenvalue weighted by atomic mass is 31.2. The fraction of sp³-hybridized carbons (Fsp3) is 0.300. The summed E-state index contributed by atoms with van der Waals surface area (Å²) in [6.07, 6.45) is 6.58. The van der Waals surface area contributed by atoms with Crippen LogP contribution in [-0.2, 0) is 20.7 Å². The summed E-state index contributed by atoms with van der Waals surface area (Å²) in [6, 6.07) is 17.6. The summed E-state index contributed by atoms with van der Waals surface area (Å²) in [5.74, 6) is 0.421. The number of hydrogen-bond donors (Lipinski definition) is 1. The number of nitrogens with zero attached hydrogens (tertiary/aromatic N) is 4. The monoisotopic (exact) mass is 557 g/mol. The van der Waals surface area contributed by atoms with E-state index in [0.717, 1.165) is 52.5 Å². The van der Waals surface area contributed by atoms with Gasteiger partial charge in [-0.25, -0.2) is 9.20 Å². The van der Waals surface area contributed by atoms with Crippen molar-refractivity contribution in [2.24, 2.45) is 0 Å². The second kappa shape index (κ2) is 10.6. The van der Waals surface area contributed by atoms with E-state index in [1.54, 1.807) is 13.3 Å². The first-order valence-electron chi connectivity index (χ1n) is 13.4. The molecule has 4 heterocycles. The normalized spacial score (nSPS) is 15.9. The van der Waals surface area contributed by atoms with E-state index >= 15 is 0 Å². The molecule has 0 radical (unpaired) electrons. The number of carbonyl (C=O) groups is 1. The van der Waals surface area contributed by atoms with Crippen LogP contribution in [0.15, 0.2) is 67.0 Å². The van der Waals surface area contributed by atoms with Gasteiger partial charge in [0.1, 0.15) is 19.5 Å². The molecule has 206 valence electrons. The zero-order valence-electron chi connectivity index (χ0n) is 22.8. The number of rotatable bonds is 7. The van der Waals surface area contributed by atoms with Gasteiger partial charge in [-0.1, -0.05) is 36.4 Å². The summed E-state index contributed by atoms with van der Waals surface area (Å²) in [5, 5.41) is 14.0. The van der Waals surface area contributed by atoms with E-state index in [2.05, 4.69) is 10.4 Å². The van der Waals surface area contributed by atoms with Crippen LogP contribution in [0.5, 0.6) is 5.75 Å². The van der Waals surface area contributed by atoms with Crippen LogP contribution in [0.3, 0.4) is 0 Å². The van der Waals surface area contributed by atoms with E-state index in [1.165, 1.54) is 6.92 Å². The largest absolute Gasteiger partial charge is 0.487 e. The van der Waals surface area contributed by atoms with Crippen molar-refractivity contribution in [2.45, 2.75) is 39.0 Å². The minimum atomic E-state index is -2.65. The molecule has 40 heavy (non-hydrogen) atoms. The summed E-state index contributed by atoms with van der Waals surface area (Å²) in [4.78, 5) is 12.1. The molecule has 0 bridgehead atoms. The Balaban J connectivity index is 1.52. The summed E-state index contributed by atoms with van der Waals surface area (Å²) < 4.78 is 29.0. The molecule has 1 aliphatic heterocycles. The molecule has 3 aromatic heterocycles. The van der Waals surface area contributed by atoms with Crippen LogP contribution < -0.4 is 15.4 Å². The summed E-state index contributed by atoms with van der Waals surface area (Å²) in [5.41, 5.74) is 4.88. The Bertz CT molecular complexity index is 1750. The van der Waals surface area contributed by atoms with Crippen LogP contribution in [0.2, 0.25) is 0 Å². The zero-order valence-corrected chi connectivity index (χ0v) is 23.7. The van der Waals surface area contributed by atoms with Crippen molar-refractivity contribution >= 4 is 40.6 Å². The average Bonchev–Trinajstić information content (AvgIpc) is 3.51. The second-order valence-electron chi connectivity index (χ2n) is 10.6. The van der Waals surface area contributed by atoms with E-state index in [-0.39, 0.29) is 12.1 Å². The average molecular weight is 558 g/mol. The molecule has 6 rings (SSSR count). The minimum Gasteiger partial charge on any atom is -0.487 e. The standard InChI is InChI=1S/C30H32N5O4P/c1-20(36)32-26-15-22(12-13-27(26)40(2,3)37)24-16-23(39-19-21-9-5-4-6-10-21)18-34-29(24)25-17-31-35(30(25)33-34)28-11-7-8-14-38-28/h4-6,9-10,12-13,15-18,28H,7-8,11,14,19H2,1-3H3,(H,32,36). The molecule has 2 aromatic carbocycles. The van der Waals surface area contributed by atoms with Crippen molar-refractivity contribution in [3.05, 3.63) is 72.6 Å². The summed E-state index contributed by atoms with van der Waals surface area (Å²) in [7, 11) is -2.65. The molecule has 0 aliphatic carbocycles. The van der Waals surface area contributed by atoms with E-state index in [9.17, 15) is 9.36 Å². The first kappa shape index (κ1) is 26.3. The van der Waals surface area contributed by atoms with E-state index in [4.69, 9.17) is 14.6 Å². The number of fused-ring (bicyclic) bond motifs is 3. The second-order valence-corrected chi connectivity index (χ2v) is 13.8. The van der Waals surface area contributed by atoms with Crippen LogP contribution in [0, 0.1) is 0 Å². The van der Waals surface area contributed by atoms with Gasteiger partial charge in [0.25, 0.3) is 0 Å². The van der Waals surface area contributed by atoms with Gasteiger partial charge in [0, 0.05) is 24.4 Å². The third-order valence-corrected chi connectivity index (χ3v) is 8.67. The first-order valence-corrected chi connectivity index (χ1v) is 16.0. The molecule has 1 saturated heterocycles. The van der Waals surface area contributed by atoms with E-state index in [1.807, 2.05) is 76.2 Å². The maximum atomic E-state index is 13.0. The smallest absolute Gasteiger partial charge is 0.221 e. The lowest BCUT2D eigenvalue weighted by Gasteiger charge is -2.22. The van der Waals surface area contributed by atoms with E-state index < -0.39 is 7.14 Å². The highest BCUT2D eigenvalue weighted by molar-refractivity contribution is 7.70. The Morgan fingerprint density at radius 3 is 2.70 bits per heavy atom. The zero-order chi connectivity index (χ0) is 27.9. The molecule has 0 saturated carbocycles. The first-order chi connectivity index (χ1) is 19.3. The molecule has 9 nitrogen and oxygen atoms in total. The van der Waals surface area contributed by atoms with Gasteiger partial charge < -0.3 is 19.4 Å². The Morgan fingerprint density at radius 2 is 1.98 bits per heavy atom. The molecule has 0 spiro atoms. The molecule has 1 unspecified atom stereocenters. The molecule has 1 amide bonds. The number of ether oxygens (including phenoxy) is 2. The number of anilines is 1. The quantitative estimate of drug-likeness (QED) is 0.253. The van der Waals surface area contributed by atoms with Crippen molar-refractivity contribution in [3.8, 4) is 16.9 Å². The number of benzene rings is 2. The van der Waals surface area contributed by atoms with Crippen molar-refractivity contribution in [1.29, 1.82) is 0 Å². The Kier molecular flexibility index (Phi) is 6.94. The molecule has 1 aliphatic rings. The van der Waals surface area contributed by atoms with Crippen LogP contribution >= 0.6 is 7.14 Å².